The first kappa shape index (κ1) is 13.1. The number of hydrogen-bond acceptors (Lipinski definition) is 3. The number of amidine groups is 1. The summed E-state index contributed by atoms with van der Waals surface area (Å²) in [4.78, 5) is 4.82. The largest absolute Gasteiger partial charge is 0.334 e. The molecule has 1 aromatic carbocycles. The first-order chi connectivity index (χ1) is 8.72. The summed E-state index contributed by atoms with van der Waals surface area (Å²) in [5.41, 5.74) is 0.964. The van der Waals surface area contributed by atoms with Crippen LogP contribution < -0.4 is 5.32 Å². The monoisotopic (exact) mass is 392 g/mol. The van der Waals surface area contributed by atoms with Gasteiger partial charge in [0.25, 0.3) is 0 Å². The molecule has 0 saturated heterocycles. The van der Waals surface area contributed by atoms with Crippen LogP contribution in [0.2, 0.25) is 5.02 Å². The molecule has 2 aliphatic rings. The summed E-state index contributed by atoms with van der Waals surface area (Å²) in [6, 6.07) is 6.54. The maximum atomic E-state index is 6.20. The zero-order valence-corrected chi connectivity index (χ0v) is 13.6. The van der Waals surface area contributed by atoms with E-state index in [4.69, 9.17) is 16.6 Å². The number of halogens is 2. The second kappa shape index (κ2) is 5.59. The van der Waals surface area contributed by atoms with Crippen LogP contribution in [0, 0.1) is 9.49 Å². The van der Waals surface area contributed by atoms with Gasteiger partial charge >= 0.3 is 0 Å². The highest BCUT2D eigenvalue weighted by molar-refractivity contribution is 14.1. The predicted octanol–water partition coefficient (Wildman–Crippen LogP) is 4.63. The van der Waals surface area contributed by atoms with Crippen molar-refractivity contribution in [2.45, 2.75) is 25.3 Å². The van der Waals surface area contributed by atoms with Crippen molar-refractivity contribution in [3.05, 3.63) is 26.8 Å². The normalized spacial score (nSPS) is 26.7. The van der Waals surface area contributed by atoms with Crippen molar-refractivity contribution in [3.63, 3.8) is 0 Å². The summed E-state index contributed by atoms with van der Waals surface area (Å²) in [5.74, 6) is 1.99. The van der Waals surface area contributed by atoms with E-state index in [9.17, 15) is 0 Å². The number of benzene rings is 1. The molecule has 2 nitrogen and oxygen atoms in total. The third-order valence-electron chi connectivity index (χ3n) is 3.51. The number of aliphatic imine (C=N–C) groups is 1. The lowest BCUT2D eigenvalue weighted by atomic mass is 10.1. The van der Waals surface area contributed by atoms with Gasteiger partial charge in [-0.2, -0.15) is 0 Å². The molecular weight excluding hydrogens is 379 g/mol. The number of anilines is 1. The number of thioether (sulfide) groups is 1. The van der Waals surface area contributed by atoms with Crippen LogP contribution in [0.4, 0.5) is 5.69 Å². The van der Waals surface area contributed by atoms with Gasteiger partial charge in [-0.25, -0.2) is 0 Å². The van der Waals surface area contributed by atoms with Gasteiger partial charge < -0.3 is 5.32 Å². The zero-order chi connectivity index (χ0) is 12.5. The molecule has 0 aromatic heterocycles. The van der Waals surface area contributed by atoms with E-state index in [1.54, 1.807) is 0 Å². The smallest absolute Gasteiger partial charge is 0.161 e. The Balaban J connectivity index is 1.78. The maximum Gasteiger partial charge on any atom is 0.161 e. The molecule has 0 amide bonds. The van der Waals surface area contributed by atoms with Gasteiger partial charge in [-0.1, -0.05) is 29.8 Å². The zero-order valence-electron chi connectivity index (χ0n) is 9.83. The Kier molecular flexibility index (Phi) is 4.06. The van der Waals surface area contributed by atoms with Gasteiger partial charge in [0, 0.05) is 9.32 Å². The molecule has 2 unspecified atom stereocenters. The van der Waals surface area contributed by atoms with Gasteiger partial charge in [0.2, 0.25) is 0 Å². The minimum absolute atomic E-state index is 0.537. The van der Waals surface area contributed by atoms with Crippen LogP contribution in [0.15, 0.2) is 23.2 Å². The van der Waals surface area contributed by atoms with Gasteiger partial charge in [0.15, 0.2) is 5.17 Å². The molecule has 18 heavy (non-hydrogen) atoms. The Morgan fingerprint density at radius 2 is 2.28 bits per heavy atom. The molecule has 1 aromatic rings. The fraction of sp³-hybridized carbons (Fsp3) is 0.462. The number of hydrogen-bond donors (Lipinski definition) is 1. The molecule has 1 saturated carbocycles. The van der Waals surface area contributed by atoms with Gasteiger partial charge in [-0.3, -0.25) is 4.99 Å². The van der Waals surface area contributed by atoms with Gasteiger partial charge in [0.05, 0.1) is 16.8 Å². The van der Waals surface area contributed by atoms with Gasteiger partial charge in [-0.05, 0) is 59.5 Å². The summed E-state index contributed by atoms with van der Waals surface area (Å²) in [7, 11) is 0. The van der Waals surface area contributed by atoms with Crippen LogP contribution in [0.3, 0.4) is 0 Å². The fourth-order valence-electron chi connectivity index (χ4n) is 2.53. The minimum Gasteiger partial charge on any atom is -0.334 e. The molecule has 0 bridgehead atoms. The Morgan fingerprint density at radius 3 is 3.17 bits per heavy atom. The van der Waals surface area contributed by atoms with Gasteiger partial charge in [-0.15, -0.1) is 0 Å². The molecule has 1 aliphatic carbocycles. The van der Waals surface area contributed by atoms with E-state index >= 15 is 0 Å². The van der Waals surface area contributed by atoms with Crippen molar-refractivity contribution in [3.8, 4) is 0 Å². The highest BCUT2D eigenvalue weighted by Crippen LogP contribution is 2.36. The standard InChI is InChI=1S/C13H14ClIN2S/c14-10-5-4-9(15)6-12(10)17-13-16-11-3-1-2-8(11)7-18-13/h4-6,8,11H,1-3,7H2,(H,16,17). The fourth-order valence-corrected chi connectivity index (χ4v) is 4.34. The van der Waals surface area contributed by atoms with Crippen LogP contribution in [-0.4, -0.2) is 17.0 Å². The van der Waals surface area contributed by atoms with Crippen LogP contribution in [0.5, 0.6) is 0 Å². The van der Waals surface area contributed by atoms with Crippen LogP contribution >= 0.6 is 46.0 Å². The summed E-state index contributed by atoms with van der Waals surface area (Å²) >= 11 is 10.3. The molecule has 1 N–H and O–H groups in total. The quantitative estimate of drug-likeness (QED) is 0.705. The third kappa shape index (κ3) is 2.80. The number of fused-ring (bicyclic) bond motifs is 1. The highest BCUT2D eigenvalue weighted by atomic mass is 127. The van der Waals surface area contributed by atoms with Crippen LogP contribution in [0.25, 0.3) is 0 Å². The topological polar surface area (TPSA) is 24.4 Å². The average molecular weight is 393 g/mol. The molecule has 1 fully saturated rings. The Morgan fingerprint density at radius 1 is 1.39 bits per heavy atom. The minimum atomic E-state index is 0.537. The first-order valence-electron chi connectivity index (χ1n) is 6.15. The number of nitrogens with one attached hydrogen (secondary N) is 1. The molecule has 5 heteroatoms. The van der Waals surface area contributed by atoms with Crippen molar-refractivity contribution in [2.24, 2.45) is 10.9 Å². The molecule has 1 aliphatic heterocycles. The molecule has 0 spiro atoms. The molecule has 96 valence electrons. The van der Waals surface area contributed by atoms with Crippen molar-refractivity contribution in [1.82, 2.24) is 0 Å². The lowest BCUT2D eigenvalue weighted by molar-refractivity contribution is 0.535. The number of nitrogens with zero attached hydrogens (tertiary/aromatic N) is 1. The van der Waals surface area contributed by atoms with E-state index in [2.05, 4.69) is 34.0 Å². The molecule has 2 atom stereocenters. The lowest BCUT2D eigenvalue weighted by Crippen LogP contribution is -2.25. The van der Waals surface area contributed by atoms with E-state index in [-0.39, 0.29) is 0 Å². The second-order valence-electron chi connectivity index (χ2n) is 4.75. The van der Waals surface area contributed by atoms with Crippen molar-refractivity contribution < 1.29 is 0 Å². The summed E-state index contributed by atoms with van der Waals surface area (Å²) in [5, 5.41) is 5.17. The van der Waals surface area contributed by atoms with Crippen molar-refractivity contribution in [2.75, 3.05) is 11.1 Å². The van der Waals surface area contributed by atoms with Gasteiger partial charge in [0.1, 0.15) is 0 Å². The Labute approximate surface area is 130 Å². The summed E-state index contributed by atoms with van der Waals surface area (Å²) in [6.45, 7) is 0. The van der Waals surface area contributed by atoms with Crippen LogP contribution in [0.1, 0.15) is 19.3 Å². The van der Waals surface area contributed by atoms with E-state index in [0.717, 1.165) is 21.8 Å². The van der Waals surface area contributed by atoms with E-state index < -0.39 is 0 Å². The average Bonchev–Trinajstić information content (AvgIpc) is 2.81. The van der Waals surface area contributed by atoms with E-state index in [1.807, 2.05) is 23.9 Å². The molecule has 1 heterocycles. The van der Waals surface area contributed by atoms with E-state index in [0.29, 0.717) is 6.04 Å². The SMILES string of the molecule is Clc1ccc(I)cc1NC1=NC2CCCC2CS1. The van der Waals surface area contributed by atoms with Crippen molar-refractivity contribution in [1.29, 1.82) is 0 Å². The van der Waals surface area contributed by atoms with Crippen molar-refractivity contribution >= 4 is 56.8 Å². The summed E-state index contributed by atoms with van der Waals surface area (Å²) < 4.78 is 1.18. The third-order valence-corrected chi connectivity index (χ3v) is 5.58. The highest BCUT2D eigenvalue weighted by Gasteiger charge is 2.31. The second-order valence-corrected chi connectivity index (χ2v) is 7.41. The van der Waals surface area contributed by atoms with Crippen LogP contribution in [-0.2, 0) is 0 Å². The van der Waals surface area contributed by atoms with E-state index in [1.165, 1.54) is 28.6 Å². The molecule has 0 radical (unpaired) electrons. The predicted molar refractivity (Wildman–Crippen MR) is 88.8 cm³/mol. The maximum absolute atomic E-state index is 6.20. The number of rotatable bonds is 1. The Hall–Kier alpha value is 0.0600. The Bertz CT molecular complexity index is 492. The lowest BCUT2D eigenvalue weighted by Gasteiger charge is -2.23. The molecular formula is C13H14ClIN2S. The summed E-state index contributed by atoms with van der Waals surface area (Å²) in [6.07, 6.45) is 3.92. The molecule has 3 rings (SSSR count). The first-order valence-corrected chi connectivity index (χ1v) is 8.59.